The lowest BCUT2D eigenvalue weighted by Crippen LogP contribution is -2.44. The van der Waals surface area contributed by atoms with Gasteiger partial charge in [-0.05, 0) is 70.7 Å². The predicted octanol–water partition coefficient (Wildman–Crippen LogP) is 3.46. The molecule has 9 heteroatoms. The molecular weight excluding hydrogens is 430 g/mol. The van der Waals surface area contributed by atoms with Gasteiger partial charge in [-0.15, -0.1) is 0 Å². The maximum atomic E-state index is 13.5. The van der Waals surface area contributed by atoms with Gasteiger partial charge >= 0.3 is 5.97 Å². The molecular formula is C23H31N3O5S. The number of aromatic nitrogens is 1. The van der Waals surface area contributed by atoms with Gasteiger partial charge in [0.25, 0.3) is 0 Å². The number of benzene rings is 1. The fourth-order valence-electron chi connectivity index (χ4n) is 4.10. The van der Waals surface area contributed by atoms with E-state index in [2.05, 4.69) is 10.3 Å². The van der Waals surface area contributed by atoms with Crippen LogP contribution in [0.4, 0.5) is 5.69 Å². The first-order valence-corrected chi connectivity index (χ1v) is 12.2. The minimum atomic E-state index is -4.00. The lowest BCUT2D eigenvalue weighted by Gasteiger charge is -2.31. The van der Waals surface area contributed by atoms with Crippen molar-refractivity contribution in [3.63, 3.8) is 0 Å². The Kier molecular flexibility index (Phi) is 7.09. The van der Waals surface area contributed by atoms with Crippen LogP contribution in [-0.2, 0) is 19.6 Å². The molecule has 32 heavy (non-hydrogen) atoms. The third-order valence-electron chi connectivity index (χ3n) is 5.92. The van der Waals surface area contributed by atoms with E-state index in [1.54, 1.807) is 20.8 Å². The molecule has 0 aliphatic carbocycles. The zero-order valence-electron chi connectivity index (χ0n) is 19.2. The molecule has 2 aromatic rings. The number of H-pyrrole nitrogens is 1. The number of nitrogens with zero attached hydrogens (tertiary/aromatic N) is 1. The van der Waals surface area contributed by atoms with E-state index in [1.165, 1.54) is 4.31 Å². The highest BCUT2D eigenvalue weighted by Gasteiger charge is 2.38. The Morgan fingerprint density at radius 3 is 2.53 bits per heavy atom. The van der Waals surface area contributed by atoms with Crippen LogP contribution in [0.2, 0.25) is 0 Å². The van der Waals surface area contributed by atoms with Gasteiger partial charge in [0.15, 0.2) is 0 Å². The number of anilines is 1. The molecule has 1 amide bonds. The number of hydrogen-bond donors (Lipinski definition) is 2. The first-order chi connectivity index (χ1) is 15.1. The van der Waals surface area contributed by atoms with Crippen molar-refractivity contribution in [2.45, 2.75) is 52.4 Å². The summed E-state index contributed by atoms with van der Waals surface area (Å²) in [6.07, 6.45) is 1.15. The molecule has 8 nitrogen and oxygen atoms in total. The van der Waals surface area contributed by atoms with Crippen molar-refractivity contribution in [2.75, 3.05) is 25.0 Å². The lowest BCUT2D eigenvalue weighted by molar-refractivity contribution is -0.120. The number of hydrogen-bond acceptors (Lipinski definition) is 5. The van der Waals surface area contributed by atoms with Gasteiger partial charge in [0, 0.05) is 30.2 Å². The number of ether oxygens (including phenoxy) is 1. The topological polar surface area (TPSA) is 109 Å². The van der Waals surface area contributed by atoms with Crippen molar-refractivity contribution in [3.05, 3.63) is 46.3 Å². The number of sulfonamides is 1. The van der Waals surface area contributed by atoms with Gasteiger partial charge < -0.3 is 15.0 Å². The van der Waals surface area contributed by atoms with Crippen LogP contribution >= 0.6 is 0 Å². The maximum absolute atomic E-state index is 13.5. The summed E-state index contributed by atoms with van der Waals surface area (Å²) in [6, 6.07) is 5.69. The van der Waals surface area contributed by atoms with Gasteiger partial charge in [-0.25, -0.2) is 13.2 Å². The molecule has 0 radical (unpaired) electrons. The molecule has 1 aliphatic heterocycles. The monoisotopic (exact) mass is 461 g/mol. The summed E-state index contributed by atoms with van der Waals surface area (Å²) in [5, 5.41) is 2.91. The number of aromatic amines is 1. The van der Waals surface area contributed by atoms with Gasteiger partial charge in [0.05, 0.1) is 12.5 Å². The molecule has 174 valence electrons. The van der Waals surface area contributed by atoms with Crippen molar-refractivity contribution in [3.8, 4) is 0 Å². The van der Waals surface area contributed by atoms with E-state index in [-0.39, 0.29) is 29.5 Å². The van der Waals surface area contributed by atoms with Crippen LogP contribution in [0.3, 0.4) is 0 Å². The molecule has 3 rings (SSSR count). The fourth-order valence-corrected chi connectivity index (χ4v) is 6.03. The number of rotatable bonds is 6. The summed E-state index contributed by atoms with van der Waals surface area (Å²) in [5.74, 6) is -1.36. The Hall–Kier alpha value is -2.65. The van der Waals surface area contributed by atoms with E-state index in [4.69, 9.17) is 4.74 Å². The van der Waals surface area contributed by atoms with Gasteiger partial charge in [-0.3, -0.25) is 4.79 Å². The van der Waals surface area contributed by atoms with Gasteiger partial charge in [0.1, 0.15) is 10.5 Å². The van der Waals surface area contributed by atoms with E-state index in [1.807, 2.05) is 32.0 Å². The molecule has 1 aromatic carbocycles. The number of carbonyl (C=O) groups is 2. The zero-order chi connectivity index (χ0) is 23.6. The Morgan fingerprint density at radius 1 is 1.16 bits per heavy atom. The van der Waals surface area contributed by atoms with E-state index < -0.39 is 21.9 Å². The minimum Gasteiger partial charge on any atom is -0.462 e. The maximum Gasteiger partial charge on any atom is 0.341 e. The van der Waals surface area contributed by atoms with Crippen molar-refractivity contribution < 1.29 is 22.7 Å². The van der Waals surface area contributed by atoms with Crippen LogP contribution in [-0.4, -0.2) is 49.3 Å². The summed E-state index contributed by atoms with van der Waals surface area (Å²) < 4.78 is 33.4. The van der Waals surface area contributed by atoms with Crippen molar-refractivity contribution >= 4 is 27.6 Å². The van der Waals surface area contributed by atoms with Crippen LogP contribution in [0, 0.1) is 33.6 Å². The third kappa shape index (κ3) is 4.73. The smallest absolute Gasteiger partial charge is 0.341 e. The summed E-state index contributed by atoms with van der Waals surface area (Å²) in [6.45, 7) is 9.41. The highest BCUT2D eigenvalue weighted by molar-refractivity contribution is 7.89. The van der Waals surface area contributed by atoms with Gasteiger partial charge in [-0.2, -0.15) is 4.31 Å². The number of amides is 1. The standard InChI is InChI=1S/C23H31N3O5S/c1-6-31-23(28)20-16(4)24-17(5)21(20)32(29,30)26-11-7-8-18(13-26)22(27)25-19-10-9-14(2)15(3)12-19/h9-10,12,18,24H,6-8,11,13H2,1-5H3,(H,25,27)/t18-/m0/s1. The quantitative estimate of drug-likeness (QED) is 0.641. The Balaban J connectivity index is 1.83. The van der Waals surface area contributed by atoms with Crippen molar-refractivity contribution in [1.82, 2.24) is 9.29 Å². The lowest BCUT2D eigenvalue weighted by atomic mass is 9.98. The van der Waals surface area contributed by atoms with Gasteiger partial charge in [0.2, 0.25) is 15.9 Å². The van der Waals surface area contributed by atoms with Crippen molar-refractivity contribution in [2.24, 2.45) is 5.92 Å². The molecule has 1 aliphatic rings. The zero-order valence-corrected chi connectivity index (χ0v) is 20.1. The molecule has 0 spiro atoms. The molecule has 0 saturated carbocycles. The molecule has 0 unspecified atom stereocenters. The first-order valence-electron chi connectivity index (χ1n) is 10.8. The molecule has 0 bridgehead atoms. The number of carbonyl (C=O) groups excluding carboxylic acids is 2. The average Bonchev–Trinajstić information content (AvgIpc) is 3.05. The SMILES string of the molecule is CCOC(=O)c1c(C)[nH]c(C)c1S(=O)(=O)N1CCC[C@H](C(=O)Nc2ccc(C)c(C)c2)C1. The molecule has 2 N–H and O–H groups in total. The fraction of sp³-hybridized carbons (Fsp3) is 0.478. The normalized spacial score (nSPS) is 17.2. The Morgan fingerprint density at radius 2 is 1.88 bits per heavy atom. The number of esters is 1. The molecule has 1 aromatic heterocycles. The molecule has 1 atom stereocenters. The number of piperidine rings is 1. The van der Waals surface area contributed by atoms with Crippen molar-refractivity contribution in [1.29, 1.82) is 0 Å². The number of nitrogens with one attached hydrogen (secondary N) is 2. The Labute approximate surface area is 189 Å². The van der Waals surface area contributed by atoms with E-state index in [0.717, 1.165) is 11.1 Å². The highest BCUT2D eigenvalue weighted by atomic mass is 32.2. The second kappa shape index (κ2) is 9.46. The molecule has 2 heterocycles. The van der Waals surface area contributed by atoms with E-state index >= 15 is 0 Å². The largest absolute Gasteiger partial charge is 0.462 e. The van der Waals surface area contributed by atoms with Crippen LogP contribution in [0.15, 0.2) is 23.1 Å². The number of aryl methyl sites for hydroxylation is 4. The second-order valence-electron chi connectivity index (χ2n) is 8.29. The van der Waals surface area contributed by atoms with E-state index in [9.17, 15) is 18.0 Å². The van der Waals surface area contributed by atoms with Crippen LogP contribution < -0.4 is 5.32 Å². The Bertz CT molecular complexity index is 1140. The summed E-state index contributed by atoms with van der Waals surface area (Å²) in [5.41, 5.74) is 3.76. The van der Waals surface area contributed by atoms with E-state index in [0.29, 0.717) is 36.5 Å². The molecule has 1 saturated heterocycles. The minimum absolute atomic E-state index is 0.0334. The first kappa shape index (κ1) is 24.0. The van der Waals surface area contributed by atoms with Gasteiger partial charge in [-0.1, -0.05) is 6.07 Å². The van der Waals surface area contributed by atoms with Crippen LogP contribution in [0.25, 0.3) is 0 Å². The predicted molar refractivity (Wildman–Crippen MR) is 122 cm³/mol. The van der Waals surface area contributed by atoms with Crippen LogP contribution in [0.1, 0.15) is 52.6 Å². The summed E-state index contributed by atoms with van der Waals surface area (Å²) >= 11 is 0. The third-order valence-corrected chi connectivity index (χ3v) is 7.96. The van der Waals surface area contributed by atoms with Crippen LogP contribution in [0.5, 0.6) is 0 Å². The average molecular weight is 462 g/mol. The molecule has 1 fully saturated rings. The summed E-state index contributed by atoms with van der Waals surface area (Å²) in [7, 11) is -4.00. The second-order valence-corrected chi connectivity index (χ2v) is 10.2. The summed E-state index contributed by atoms with van der Waals surface area (Å²) in [4.78, 5) is 28.2. The highest BCUT2D eigenvalue weighted by Crippen LogP contribution is 2.31.